The molecule has 3 heterocycles. The lowest BCUT2D eigenvalue weighted by atomic mass is 9.87. The second kappa shape index (κ2) is 31.1. The number of nitrogens with one attached hydrogen (secondary N) is 2. The number of ether oxygens (including phenoxy) is 1. The van der Waals surface area contributed by atoms with E-state index < -0.39 is 84.6 Å². The molecule has 0 spiro atoms. The number of nitrogens with zero attached hydrogens (tertiary/aromatic N) is 4. The summed E-state index contributed by atoms with van der Waals surface area (Å²) in [5, 5.41) is 26.6. The molecule has 1 aliphatic rings. The molecule has 398 valence electrons. The highest BCUT2D eigenvalue weighted by Gasteiger charge is 2.50. The molecule has 1 saturated heterocycles. The first-order valence-corrected chi connectivity index (χ1v) is 28.4. The second-order valence-electron chi connectivity index (χ2n) is 16.6. The van der Waals surface area contributed by atoms with Crippen molar-refractivity contribution in [3.63, 3.8) is 0 Å². The molecule has 2 aromatic rings. The monoisotopic (exact) mass is 1080 g/mol. The molecule has 1 fully saturated rings. The Hall–Kier alpha value is -3.74. The van der Waals surface area contributed by atoms with Crippen molar-refractivity contribution in [2.24, 2.45) is 5.41 Å². The zero-order valence-electron chi connectivity index (χ0n) is 39.9. The molecule has 0 bridgehead atoms. The maximum absolute atomic E-state index is 12.7. The van der Waals surface area contributed by atoms with E-state index in [0.29, 0.717) is 18.6 Å². The fourth-order valence-electron chi connectivity index (χ4n) is 6.40. The fourth-order valence-corrected chi connectivity index (χ4v) is 9.92. The van der Waals surface area contributed by atoms with Crippen molar-refractivity contribution in [3.05, 3.63) is 73.4 Å². The Bertz CT molecular complexity index is 2310. The first kappa shape index (κ1) is 61.6. The van der Waals surface area contributed by atoms with Crippen LogP contribution in [-0.4, -0.2) is 123 Å². The van der Waals surface area contributed by atoms with Crippen LogP contribution in [0.2, 0.25) is 0 Å². The van der Waals surface area contributed by atoms with E-state index in [1.807, 2.05) is 12.2 Å². The molecule has 0 radical (unpaired) electrons. The van der Waals surface area contributed by atoms with Gasteiger partial charge in [0.25, 0.3) is 0 Å². The van der Waals surface area contributed by atoms with Crippen molar-refractivity contribution in [1.82, 2.24) is 30.2 Å². The molecular weight excluding hydrogens is 1010 g/mol. The Morgan fingerprint density at radius 1 is 0.859 bits per heavy atom. The molecular formula is C43H68N7O17P3S. The molecule has 7 atom stereocenters. The summed E-state index contributed by atoms with van der Waals surface area (Å²) in [6.45, 7) is 2.70. The Balaban J connectivity index is 1.29. The molecule has 1 aliphatic heterocycles. The van der Waals surface area contributed by atoms with Gasteiger partial charge in [0.05, 0.1) is 19.5 Å². The number of anilines is 1. The maximum Gasteiger partial charge on any atom is 0.481 e. The molecule has 2 aromatic heterocycles. The lowest BCUT2D eigenvalue weighted by Gasteiger charge is -2.30. The SMILES string of the molecule is CCCCCC=CCC=CCC=CCC=CCC=CCCC(=O)SCCNC(=O)CCNC(=O)C(O)C(C)(C)COP(=O)(O)OP(=O)(O)OCC1OC(n2cnc3c(N)ncnc32)C(O)C1OP(=O)(O)O. The predicted octanol–water partition coefficient (Wildman–Crippen LogP) is 5.37. The highest BCUT2D eigenvalue weighted by atomic mass is 32.2. The molecule has 71 heavy (non-hydrogen) atoms. The number of hydrogen-bond acceptors (Lipinski definition) is 18. The van der Waals surface area contributed by atoms with E-state index in [-0.39, 0.29) is 41.6 Å². The molecule has 0 aromatic carbocycles. The highest BCUT2D eigenvalue weighted by Crippen LogP contribution is 2.61. The summed E-state index contributed by atoms with van der Waals surface area (Å²) >= 11 is 1.10. The number of allylic oxidation sites excluding steroid dienone is 10. The normalized spacial score (nSPS) is 20.2. The third-order valence-corrected chi connectivity index (χ3v) is 14.2. The van der Waals surface area contributed by atoms with Crippen LogP contribution >= 0.6 is 35.2 Å². The van der Waals surface area contributed by atoms with Crippen molar-refractivity contribution >= 4 is 69.1 Å². The number of rotatable bonds is 34. The van der Waals surface area contributed by atoms with Crippen LogP contribution in [0.5, 0.6) is 0 Å². The number of fused-ring (bicyclic) bond motifs is 1. The van der Waals surface area contributed by atoms with E-state index in [0.717, 1.165) is 61.1 Å². The summed E-state index contributed by atoms with van der Waals surface area (Å²) in [6, 6.07) is 0. The van der Waals surface area contributed by atoms with Crippen molar-refractivity contribution in [2.45, 2.75) is 122 Å². The number of phosphoric acid groups is 3. The summed E-state index contributed by atoms with van der Waals surface area (Å²) in [6.07, 6.45) is 23.7. The number of hydrogen-bond donors (Lipinski definition) is 9. The van der Waals surface area contributed by atoms with Gasteiger partial charge in [0.15, 0.2) is 22.8 Å². The molecule has 0 aliphatic carbocycles. The minimum atomic E-state index is -5.58. The number of nitrogen functional groups attached to an aromatic ring is 1. The van der Waals surface area contributed by atoms with Crippen molar-refractivity contribution in [1.29, 1.82) is 0 Å². The summed E-state index contributed by atoms with van der Waals surface area (Å²) in [5.41, 5.74) is 4.27. The van der Waals surface area contributed by atoms with Gasteiger partial charge in [-0.3, -0.25) is 32.5 Å². The summed E-state index contributed by atoms with van der Waals surface area (Å²) in [4.78, 5) is 88.4. The number of nitrogens with two attached hydrogens (primary N) is 1. The van der Waals surface area contributed by atoms with Crippen LogP contribution < -0.4 is 16.4 Å². The first-order chi connectivity index (χ1) is 33.6. The van der Waals surface area contributed by atoms with Gasteiger partial charge in [0.2, 0.25) is 11.8 Å². The number of phosphoric ester groups is 3. The quantitative estimate of drug-likeness (QED) is 0.0242. The molecule has 10 N–H and O–H groups in total. The fraction of sp³-hybridized carbons (Fsp3) is 0.581. The lowest BCUT2D eigenvalue weighted by molar-refractivity contribution is -0.137. The van der Waals surface area contributed by atoms with Crippen LogP contribution in [0.4, 0.5) is 5.82 Å². The van der Waals surface area contributed by atoms with Crippen LogP contribution in [0.15, 0.2) is 73.4 Å². The van der Waals surface area contributed by atoms with Crippen LogP contribution in [0.3, 0.4) is 0 Å². The molecule has 7 unspecified atom stereocenters. The van der Waals surface area contributed by atoms with Crippen LogP contribution in [0, 0.1) is 5.41 Å². The van der Waals surface area contributed by atoms with Gasteiger partial charge >= 0.3 is 23.5 Å². The third-order valence-electron chi connectivity index (χ3n) is 10.2. The molecule has 28 heteroatoms. The van der Waals surface area contributed by atoms with Gasteiger partial charge in [0, 0.05) is 37.1 Å². The standard InChI is InChI=1S/C43H68N7O17P3S/c1-4-5-6-7-8-9-10-11-12-13-14-15-16-17-18-19-20-21-22-23-34(52)71-27-26-45-33(51)24-25-46-41(55)38(54)43(2,3)29-64-70(61,62)67-69(59,60)63-28-32-37(66-68(56,57)58)36(53)42(65-32)50-31-49-35-39(44)47-30-48-40(35)50/h8-9,11-12,14-15,17-18,20-21,30-32,36-38,42,53-54H,4-7,10,13,16,19,22-29H2,1-3H3,(H,45,51)(H,46,55)(H,59,60)(H,61,62)(H2,44,47,48)(H2,56,57,58). The smallest absolute Gasteiger partial charge is 0.386 e. The number of imidazole rings is 1. The van der Waals surface area contributed by atoms with Crippen molar-refractivity contribution in [2.75, 3.05) is 37.8 Å². The van der Waals surface area contributed by atoms with Crippen molar-refractivity contribution < 1.29 is 80.5 Å². The average molecular weight is 1080 g/mol. The topological polar surface area (TPSA) is 364 Å². The van der Waals surface area contributed by atoms with Crippen LogP contribution in [-0.2, 0) is 50.7 Å². The molecule has 2 amide bonds. The number of aliphatic hydroxyl groups is 2. The van der Waals surface area contributed by atoms with Gasteiger partial charge in [0.1, 0.15) is 36.3 Å². The molecule has 24 nitrogen and oxygen atoms in total. The van der Waals surface area contributed by atoms with E-state index in [4.69, 9.17) is 19.5 Å². The Morgan fingerprint density at radius 2 is 1.46 bits per heavy atom. The lowest BCUT2D eigenvalue weighted by Crippen LogP contribution is -2.46. The number of carbonyl (C=O) groups excluding carboxylic acids is 3. The van der Waals surface area contributed by atoms with Gasteiger partial charge < -0.3 is 50.9 Å². The molecule has 3 rings (SSSR count). The van der Waals surface area contributed by atoms with Gasteiger partial charge in [-0.1, -0.05) is 106 Å². The largest absolute Gasteiger partial charge is 0.481 e. The second-order valence-corrected chi connectivity index (χ2v) is 22.0. The Kier molecular flexibility index (Phi) is 27.0. The maximum atomic E-state index is 12.7. The van der Waals surface area contributed by atoms with E-state index in [1.165, 1.54) is 33.1 Å². The minimum Gasteiger partial charge on any atom is -0.386 e. The number of amides is 2. The van der Waals surface area contributed by atoms with Crippen molar-refractivity contribution in [3.8, 4) is 0 Å². The van der Waals surface area contributed by atoms with E-state index in [2.05, 4.69) is 90.0 Å². The summed E-state index contributed by atoms with van der Waals surface area (Å²) in [5.74, 6) is -1.11. The van der Waals surface area contributed by atoms with E-state index in [1.54, 1.807) is 0 Å². The highest BCUT2D eigenvalue weighted by molar-refractivity contribution is 8.13. The zero-order valence-corrected chi connectivity index (χ0v) is 43.4. The van der Waals surface area contributed by atoms with Gasteiger partial charge in [-0.2, -0.15) is 4.31 Å². The number of carbonyl (C=O) groups is 3. The van der Waals surface area contributed by atoms with E-state index >= 15 is 0 Å². The van der Waals surface area contributed by atoms with Gasteiger partial charge in [-0.25, -0.2) is 28.6 Å². The number of aromatic nitrogens is 4. The first-order valence-electron chi connectivity index (χ1n) is 22.9. The zero-order chi connectivity index (χ0) is 52.5. The summed E-state index contributed by atoms with van der Waals surface area (Å²) < 4.78 is 62.4. The Labute approximate surface area is 417 Å². The minimum absolute atomic E-state index is 0.0152. The Morgan fingerprint density at radius 3 is 2.08 bits per heavy atom. The van der Waals surface area contributed by atoms with Crippen LogP contribution in [0.25, 0.3) is 11.2 Å². The summed E-state index contributed by atoms with van der Waals surface area (Å²) in [7, 11) is -16.4. The van der Waals surface area contributed by atoms with E-state index in [9.17, 15) is 57.9 Å². The van der Waals surface area contributed by atoms with Gasteiger partial charge in [-0.15, -0.1) is 0 Å². The van der Waals surface area contributed by atoms with Gasteiger partial charge in [-0.05, 0) is 44.9 Å². The molecule has 0 saturated carbocycles. The van der Waals surface area contributed by atoms with Crippen LogP contribution in [0.1, 0.15) is 97.6 Å². The average Bonchev–Trinajstić information content (AvgIpc) is 3.86. The third kappa shape index (κ3) is 23.8. The number of thioether (sulfide) groups is 1. The number of unbranched alkanes of at least 4 members (excludes halogenated alkanes) is 3. The number of aliphatic hydroxyl groups excluding tert-OH is 2. The predicted molar refractivity (Wildman–Crippen MR) is 265 cm³/mol.